The third kappa shape index (κ3) is 2.69. The van der Waals surface area contributed by atoms with E-state index in [1.807, 2.05) is 37.3 Å². The molecule has 12 heavy (non-hydrogen) atoms. The van der Waals surface area contributed by atoms with E-state index in [9.17, 15) is 4.79 Å². The molecule has 1 aromatic carbocycles. The molecule has 1 rings (SSSR count). The van der Waals surface area contributed by atoms with Crippen molar-refractivity contribution in [2.45, 2.75) is 19.4 Å². The highest BCUT2D eigenvalue weighted by molar-refractivity contribution is 5.33. The lowest BCUT2D eigenvalue weighted by molar-refractivity contribution is 0.558. The summed E-state index contributed by atoms with van der Waals surface area (Å²) in [5.74, 6) is 0. The lowest BCUT2D eigenvalue weighted by Gasteiger charge is -2.02. The van der Waals surface area contributed by atoms with Crippen LogP contribution in [0.4, 0.5) is 0 Å². The quantitative estimate of drug-likeness (QED) is 0.492. The number of nitrogens with zero attached hydrogens (tertiary/aromatic N) is 1. The first-order chi connectivity index (χ1) is 5.83. The molecule has 0 aliphatic carbocycles. The zero-order valence-corrected chi connectivity index (χ0v) is 7.03. The van der Waals surface area contributed by atoms with Crippen molar-refractivity contribution in [3.63, 3.8) is 0 Å². The van der Waals surface area contributed by atoms with Crippen LogP contribution in [0.15, 0.2) is 35.3 Å². The van der Waals surface area contributed by atoms with Crippen LogP contribution in [-0.2, 0) is 11.2 Å². The summed E-state index contributed by atoms with van der Waals surface area (Å²) < 4.78 is 0. The SMILES string of the molecule is CC(Cc1ccccc1)N=C=O. The molecule has 0 bridgehead atoms. The van der Waals surface area contributed by atoms with Crippen molar-refractivity contribution in [2.24, 2.45) is 4.99 Å². The maximum Gasteiger partial charge on any atom is 0.235 e. The molecule has 0 spiro atoms. The Morgan fingerprint density at radius 2 is 2.08 bits per heavy atom. The van der Waals surface area contributed by atoms with Crippen molar-refractivity contribution in [3.8, 4) is 0 Å². The smallest absolute Gasteiger partial charge is 0.211 e. The highest BCUT2D eigenvalue weighted by Gasteiger charge is 1.99. The number of carbonyl (C=O) groups excluding carboxylic acids is 1. The van der Waals surface area contributed by atoms with Gasteiger partial charge in [-0.05, 0) is 18.9 Å². The Kier molecular flexibility index (Phi) is 3.24. The summed E-state index contributed by atoms with van der Waals surface area (Å²) in [6.45, 7) is 1.90. The number of hydrogen-bond acceptors (Lipinski definition) is 2. The second-order valence-corrected chi connectivity index (χ2v) is 2.76. The van der Waals surface area contributed by atoms with Gasteiger partial charge in [-0.15, -0.1) is 0 Å². The van der Waals surface area contributed by atoms with Crippen molar-refractivity contribution in [2.75, 3.05) is 0 Å². The first-order valence-corrected chi connectivity index (χ1v) is 3.94. The topological polar surface area (TPSA) is 29.4 Å². The molecule has 0 aliphatic rings. The molecule has 2 nitrogen and oxygen atoms in total. The molecule has 0 aromatic heterocycles. The molecular formula is C10H11NO. The van der Waals surface area contributed by atoms with Crippen LogP contribution >= 0.6 is 0 Å². The zero-order valence-electron chi connectivity index (χ0n) is 7.03. The second kappa shape index (κ2) is 4.47. The third-order valence-corrected chi connectivity index (χ3v) is 1.65. The molecule has 0 N–H and O–H groups in total. The Balaban J connectivity index is 2.58. The third-order valence-electron chi connectivity index (χ3n) is 1.65. The highest BCUT2D eigenvalue weighted by atomic mass is 16.1. The number of rotatable bonds is 3. The van der Waals surface area contributed by atoms with Crippen molar-refractivity contribution >= 4 is 6.08 Å². The highest BCUT2D eigenvalue weighted by Crippen LogP contribution is 2.04. The summed E-state index contributed by atoms with van der Waals surface area (Å²) in [5, 5.41) is 0. The van der Waals surface area contributed by atoms with Crippen molar-refractivity contribution in [1.82, 2.24) is 0 Å². The fourth-order valence-corrected chi connectivity index (χ4v) is 1.09. The van der Waals surface area contributed by atoms with E-state index in [2.05, 4.69) is 4.99 Å². The van der Waals surface area contributed by atoms with Gasteiger partial charge in [0.15, 0.2) is 0 Å². The van der Waals surface area contributed by atoms with Crippen LogP contribution in [0, 0.1) is 0 Å². The van der Waals surface area contributed by atoms with E-state index in [4.69, 9.17) is 0 Å². The Morgan fingerprint density at radius 3 is 2.67 bits per heavy atom. The summed E-state index contributed by atoms with van der Waals surface area (Å²) in [4.78, 5) is 13.5. The fraction of sp³-hybridized carbons (Fsp3) is 0.300. The summed E-state index contributed by atoms with van der Waals surface area (Å²) in [6.07, 6.45) is 2.36. The van der Waals surface area contributed by atoms with E-state index in [1.165, 1.54) is 5.56 Å². The Labute approximate surface area is 71.9 Å². The molecule has 0 fully saturated rings. The molecule has 0 saturated carbocycles. The molecule has 1 atom stereocenters. The van der Waals surface area contributed by atoms with Gasteiger partial charge in [0.1, 0.15) is 0 Å². The lowest BCUT2D eigenvalue weighted by Crippen LogP contribution is -2.01. The second-order valence-electron chi connectivity index (χ2n) is 2.76. The molecule has 0 aliphatic heterocycles. The number of hydrogen-bond donors (Lipinski definition) is 0. The number of benzene rings is 1. The van der Waals surface area contributed by atoms with Crippen molar-refractivity contribution in [3.05, 3.63) is 35.9 Å². The minimum atomic E-state index is 0.0323. The van der Waals surface area contributed by atoms with E-state index in [1.54, 1.807) is 6.08 Å². The molecule has 1 aromatic rings. The van der Waals surface area contributed by atoms with Gasteiger partial charge in [-0.25, -0.2) is 9.79 Å². The maximum atomic E-state index is 9.91. The first kappa shape index (κ1) is 8.69. The Morgan fingerprint density at radius 1 is 1.42 bits per heavy atom. The van der Waals surface area contributed by atoms with Crippen LogP contribution in [0.1, 0.15) is 12.5 Å². The van der Waals surface area contributed by atoms with Gasteiger partial charge in [0.25, 0.3) is 0 Å². The Bertz CT molecular complexity index is 275. The van der Waals surface area contributed by atoms with Crippen LogP contribution in [-0.4, -0.2) is 12.1 Å². The molecule has 2 heteroatoms. The fourth-order valence-electron chi connectivity index (χ4n) is 1.09. The monoisotopic (exact) mass is 161 g/mol. The van der Waals surface area contributed by atoms with E-state index in [0.29, 0.717) is 0 Å². The predicted octanol–water partition coefficient (Wildman–Crippen LogP) is 1.95. The van der Waals surface area contributed by atoms with Gasteiger partial charge < -0.3 is 0 Å². The maximum absolute atomic E-state index is 9.91. The molecule has 0 saturated heterocycles. The molecule has 1 unspecified atom stereocenters. The summed E-state index contributed by atoms with van der Waals surface area (Å²) in [6, 6.07) is 10.0. The van der Waals surface area contributed by atoms with Gasteiger partial charge in [-0.3, -0.25) is 0 Å². The van der Waals surface area contributed by atoms with Gasteiger partial charge in [-0.1, -0.05) is 30.3 Å². The summed E-state index contributed by atoms with van der Waals surface area (Å²) >= 11 is 0. The number of isocyanates is 1. The van der Waals surface area contributed by atoms with Crippen LogP contribution in [0.25, 0.3) is 0 Å². The van der Waals surface area contributed by atoms with Crippen LogP contribution in [0.2, 0.25) is 0 Å². The normalized spacial score (nSPS) is 11.8. The van der Waals surface area contributed by atoms with E-state index in [0.717, 1.165) is 6.42 Å². The van der Waals surface area contributed by atoms with Crippen molar-refractivity contribution < 1.29 is 4.79 Å². The first-order valence-electron chi connectivity index (χ1n) is 3.94. The van der Waals surface area contributed by atoms with E-state index in [-0.39, 0.29) is 6.04 Å². The minimum absolute atomic E-state index is 0.0323. The Hall–Kier alpha value is -1.40. The average Bonchev–Trinajstić information content (AvgIpc) is 2.06. The average molecular weight is 161 g/mol. The van der Waals surface area contributed by atoms with Gasteiger partial charge in [-0.2, -0.15) is 0 Å². The van der Waals surface area contributed by atoms with Crippen LogP contribution < -0.4 is 0 Å². The predicted molar refractivity (Wildman–Crippen MR) is 47.7 cm³/mol. The molecule has 0 radical (unpaired) electrons. The zero-order chi connectivity index (χ0) is 8.81. The van der Waals surface area contributed by atoms with Crippen LogP contribution in [0.3, 0.4) is 0 Å². The van der Waals surface area contributed by atoms with E-state index >= 15 is 0 Å². The summed E-state index contributed by atoms with van der Waals surface area (Å²) in [5.41, 5.74) is 1.20. The van der Waals surface area contributed by atoms with E-state index < -0.39 is 0 Å². The van der Waals surface area contributed by atoms with Crippen molar-refractivity contribution in [1.29, 1.82) is 0 Å². The van der Waals surface area contributed by atoms with Gasteiger partial charge >= 0.3 is 0 Å². The number of aliphatic imine (C=N–C) groups is 1. The summed E-state index contributed by atoms with van der Waals surface area (Å²) in [7, 11) is 0. The van der Waals surface area contributed by atoms with Gasteiger partial charge in [0.05, 0.1) is 6.04 Å². The largest absolute Gasteiger partial charge is 0.235 e. The lowest BCUT2D eigenvalue weighted by atomic mass is 10.1. The van der Waals surface area contributed by atoms with Gasteiger partial charge in [0, 0.05) is 0 Å². The minimum Gasteiger partial charge on any atom is -0.211 e. The van der Waals surface area contributed by atoms with Gasteiger partial charge in [0.2, 0.25) is 6.08 Å². The molecule has 0 heterocycles. The molecule has 62 valence electrons. The van der Waals surface area contributed by atoms with Crippen LogP contribution in [0.5, 0.6) is 0 Å². The molecular weight excluding hydrogens is 150 g/mol. The standard InChI is InChI=1S/C10H11NO/c1-9(11-8-12)7-10-5-3-2-4-6-10/h2-6,9H,7H2,1H3. The molecule has 0 amide bonds.